The number of methoxy groups -OCH3 is 1. The number of amides is 3. The summed E-state index contributed by atoms with van der Waals surface area (Å²) in [5.74, 6) is -0.170. The smallest absolute Gasteiger partial charge is 0.261 e. The van der Waals surface area contributed by atoms with E-state index in [0.29, 0.717) is 28.3 Å². The first kappa shape index (κ1) is 18.4. The third-order valence-electron chi connectivity index (χ3n) is 4.66. The maximum atomic E-state index is 12.5. The second kappa shape index (κ2) is 7.55. The van der Waals surface area contributed by atoms with Gasteiger partial charge in [0, 0.05) is 11.8 Å². The summed E-state index contributed by atoms with van der Waals surface area (Å²) in [6.07, 6.45) is 1.56. The Hall–Kier alpha value is -4.00. The van der Waals surface area contributed by atoms with E-state index in [1.807, 2.05) is 0 Å². The van der Waals surface area contributed by atoms with Crippen molar-refractivity contribution in [2.24, 2.45) is 0 Å². The summed E-state index contributed by atoms with van der Waals surface area (Å²) in [5.41, 5.74) is 1.99. The summed E-state index contributed by atoms with van der Waals surface area (Å²) >= 11 is 0. The zero-order valence-corrected chi connectivity index (χ0v) is 15.6. The molecule has 144 valence electrons. The van der Waals surface area contributed by atoms with E-state index in [-0.39, 0.29) is 24.3 Å². The largest absolute Gasteiger partial charge is 0.493 e. The van der Waals surface area contributed by atoms with Crippen molar-refractivity contribution in [1.82, 2.24) is 9.88 Å². The van der Waals surface area contributed by atoms with Crippen LogP contribution in [-0.4, -0.2) is 34.7 Å². The molecule has 7 nitrogen and oxygen atoms in total. The summed E-state index contributed by atoms with van der Waals surface area (Å²) in [6, 6.07) is 16.9. The lowest BCUT2D eigenvalue weighted by Crippen LogP contribution is -2.29. The first-order valence-electron chi connectivity index (χ1n) is 8.93. The number of aromatic nitrogens is 1. The van der Waals surface area contributed by atoms with Gasteiger partial charge in [-0.15, -0.1) is 0 Å². The minimum absolute atomic E-state index is 0.141. The normalized spacial score (nSPS) is 12.7. The molecule has 0 saturated carbocycles. The number of rotatable bonds is 5. The fourth-order valence-corrected chi connectivity index (χ4v) is 3.16. The van der Waals surface area contributed by atoms with Crippen LogP contribution in [0, 0.1) is 0 Å². The lowest BCUT2D eigenvalue weighted by Gasteiger charge is -2.14. The third-order valence-corrected chi connectivity index (χ3v) is 4.66. The minimum atomic E-state index is -0.339. The van der Waals surface area contributed by atoms with Crippen molar-refractivity contribution in [3.8, 4) is 5.75 Å². The number of hydrogen-bond donors (Lipinski definition) is 1. The van der Waals surface area contributed by atoms with Crippen molar-refractivity contribution >= 4 is 23.5 Å². The van der Waals surface area contributed by atoms with E-state index in [4.69, 9.17) is 4.74 Å². The Kier molecular flexibility index (Phi) is 4.78. The van der Waals surface area contributed by atoms with Gasteiger partial charge in [0.05, 0.1) is 24.8 Å². The number of ether oxygens (including phenoxy) is 1. The minimum Gasteiger partial charge on any atom is -0.493 e. The molecule has 1 aromatic heterocycles. The molecule has 0 radical (unpaired) electrons. The molecule has 3 amide bonds. The Morgan fingerprint density at radius 1 is 0.966 bits per heavy atom. The van der Waals surface area contributed by atoms with Gasteiger partial charge in [-0.25, -0.2) is 4.98 Å². The maximum Gasteiger partial charge on any atom is 0.261 e. The predicted molar refractivity (Wildman–Crippen MR) is 106 cm³/mol. The molecular weight excluding hydrogens is 370 g/mol. The maximum absolute atomic E-state index is 12.5. The number of carbonyl (C=O) groups excluding carboxylic acids is 3. The van der Waals surface area contributed by atoms with Crippen LogP contribution >= 0.6 is 0 Å². The Morgan fingerprint density at radius 2 is 1.62 bits per heavy atom. The van der Waals surface area contributed by atoms with Crippen LogP contribution in [0.25, 0.3) is 0 Å². The van der Waals surface area contributed by atoms with Crippen LogP contribution in [0.5, 0.6) is 5.75 Å². The van der Waals surface area contributed by atoms with E-state index in [0.717, 1.165) is 5.56 Å². The quantitative estimate of drug-likeness (QED) is 0.680. The van der Waals surface area contributed by atoms with Gasteiger partial charge in [0.2, 0.25) is 0 Å². The van der Waals surface area contributed by atoms with E-state index in [2.05, 4.69) is 10.3 Å². The molecule has 1 aliphatic rings. The average molecular weight is 387 g/mol. The number of benzene rings is 2. The molecule has 0 atom stereocenters. The van der Waals surface area contributed by atoms with E-state index in [9.17, 15) is 14.4 Å². The number of fused-ring (bicyclic) bond motifs is 1. The third kappa shape index (κ3) is 3.45. The van der Waals surface area contributed by atoms with Crippen molar-refractivity contribution in [2.45, 2.75) is 6.54 Å². The molecule has 0 unspecified atom stereocenters. The second-order valence-corrected chi connectivity index (χ2v) is 6.45. The molecule has 4 rings (SSSR count). The molecule has 0 aliphatic carbocycles. The molecule has 2 aromatic carbocycles. The highest BCUT2D eigenvalue weighted by molar-refractivity contribution is 6.21. The zero-order chi connectivity index (χ0) is 20.4. The number of hydrogen-bond acceptors (Lipinski definition) is 5. The van der Waals surface area contributed by atoms with Crippen molar-refractivity contribution < 1.29 is 19.1 Å². The summed E-state index contributed by atoms with van der Waals surface area (Å²) in [4.78, 5) is 42.7. The van der Waals surface area contributed by atoms with Gasteiger partial charge in [0.15, 0.2) is 11.6 Å². The topological polar surface area (TPSA) is 88.6 Å². The van der Waals surface area contributed by atoms with E-state index in [1.165, 1.54) is 12.0 Å². The average Bonchev–Trinajstić information content (AvgIpc) is 3.00. The first-order chi connectivity index (χ1) is 14.1. The fourth-order valence-electron chi connectivity index (χ4n) is 3.16. The molecule has 29 heavy (non-hydrogen) atoms. The van der Waals surface area contributed by atoms with Gasteiger partial charge in [0.1, 0.15) is 0 Å². The number of nitrogens with zero attached hydrogens (tertiary/aromatic N) is 2. The molecule has 0 bridgehead atoms. The van der Waals surface area contributed by atoms with Gasteiger partial charge in [-0.1, -0.05) is 24.3 Å². The Balaban J connectivity index is 1.47. The lowest BCUT2D eigenvalue weighted by molar-refractivity contribution is 0.0642. The number of imide groups is 1. The van der Waals surface area contributed by atoms with E-state index in [1.54, 1.807) is 66.9 Å². The van der Waals surface area contributed by atoms with Gasteiger partial charge in [-0.2, -0.15) is 0 Å². The van der Waals surface area contributed by atoms with Crippen molar-refractivity contribution in [1.29, 1.82) is 0 Å². The predicted octanol–water partition coefficient (Wildman–Crippen LogP) is 3.14. The molecule has 1 aliphatic heterocycles. The Bertz CT molecular complexity index is 1070. The van der Waals surface area contributed by atoms with Gasteiger partial charge in [0.25, 0.3) is 17.7 Å². The van der Waals surface area contributed by atoms with E-state index < -0.39 is 0 Å². The van der Waals surface area contributed by atoms with Crippen LogP contribution in [0.3, 0.4) is 0 Å². The fraction of sp³-hybridized carbons (Fsp3) is 0.0909. The highest BCUT2D eigenvalue weighted by Crippen LogP contribution is 2.25. The van der Waals surface area contributed by atoms with Crippen molar-refractivity contribution in [2.75, 3.05) is 12.4 Å². The standard InChI is InChI=1S/C22H17N3O4/c1-29-18-7-4-12-23-19(18)24-20(26)15-10-8-14(9-11-15)13-25-21(27)16-5-2-3-6-17(16)22(25)28/h2-12H,13H2,1H3,(H,23,24,26). The number of pyridine rings is 1. The van der Waals surface area contributed by atoms with Crippen LogP contribution in [0.1, 0.15) is 36.6 Å². The van der Waals surface area contributed by atoms with Gasteiger partial charge in [-0.05, 0) is 42.0 Å². The monoisotopic (exact) mass is 387 g/mol. The number of anilines is 1. The van der Waals surface area contributed by atoms with Crippen LogP contribution in [0.2, 0.25) is 0 Å². The van der Waals surface area contributed by atoms with Gasteiger partial charge in [-0.3, -0.25) is 19.3 Å². The number of nitrogens with one attached hydrogen (secondary N) is 1. The summed E-state index contributed by atoms with van der Waals surface area (Å²) in [7, 11) is 1.50. The molecule has 0 fully saturated rings. The highest BCUT2D eigenvalue weighted by Gasteiger charge is 2.34. The zero-order valence-electron chi connectivity index (χ0n) is 15.6. The van der Waals surface area contributed by atoms with Gasteiger partial charge >= 0.3 is 0 Å². The molecule has 3 aromatic rings. The molecule has 1 N–H and O–H groups in total. The van der Waals surface area contributed by atoms with Gasteiger partial charge < -0.3 is 10.1 Å². The van der Waals surface area contributed by atoms with E-state index >= 15 is 0 Å². The summed E-state index contributed by atoms with van der Waals surface area (Å²) in [5, 5.41) is 2.70. The first-order valence-corrected chi connectivity index (χ1v) is 8.93. The second-order valence-electron chi connectivity index (χ2n) is 6.45. The number of carbonyl (C=O) groups is 3. The Morgan fingerprint density at radius 3 is 2.24 bits per heavy atom. The molecule has 7 heteroatoms. The van der Waals surface area contributed by atoms with Crippen LogP contribution in [0.4, 0.5) is 5.82 Å². The van der Waals surface area contributed by atoms with Crippen LogP contribution < -0.4 is 10.1 Å². The van der Waals surface area contributed by atoms with Crippen LogP contribution in [-0.2, 0) is 6.54 Å². The highest BCUT2D eigenvalue weighted by atomic mass is 16.5. The molecule has 2 heterocycles. The summed E-state index contributed by atoms with van der Waals surface area (Å²) in [6.45, 7) is 0.141. The molecular formula is C22H17N3O4. The molecule has 0 spiro atoms. The van der Waals surface area contributed by atoms with Crippen LogP contribution in [0.15, 0.2) is 66.9 Å². The van der Waals surface area contributed by atoms with Crippen molar-refractivity contribution in [3.05, 3.63) is 89.1 Å². The lowest BCUT2D eigenvalue weighted by atomic mass is 10.1. The molecule has 0 saturated heterocycles. The SMILES string of the molecule is COc1cccnc1NC(=O)c1ccc(CN2C(=O)c3ccccc3C2=O)cc1. The summed E-state index contributed by atoms with van der Waals surface area (Å²) < 4.78 is 5.18. The van der Waals surface area contributed by atoms with Crippen molar-refractivity contribution in [3.63, 3.8) is 0 Å². The Labute approximate surface area is 166 Å².